The van der Waals surface area contributed by atoms with Gasteiger partial charge in [0.2, 0.25) is 10.0 Å². The molecule has 0 bridgehead atoms. The average Bonchev–Trinajstić information content (AvgIpc) is 3.26. The van der Waals surface area contributed by atoms with E-state index in [1.54, 1.807) is 30.6 Å². The number of ether oxygens (including phenoxy) is 1. The fraction of sp³-hybridized carbons (Fsp3) is 0.235. The topological polar surface area (TPSA) is 127 Å². The molecule has 0 saturated heterocycles. The van der Waals surface area contributed by atoms with Gasteiger partial charge in [-0.2, -0.15) is 14.2 Å². The monoisotopic (exact) mass is 399 g/mol. The number of nitrogens with zero attached hydrogens (tertiary/aromatic N) is 7. The molecule has 0 aliphatic heterocycles. The first-order valence-corrected chi connectivity index (χ1v) is 9.67. The molecular formula is C17H17N7O3S. The highest BCUT2D eigenvalue weighted by Gasteiger charge is 2.26. The van der Waals surface area contributed by atoms with Gasteiger partial charge in [-0.25, -0.2) is 8.42 Å². The van der Waals surface area contributed by atoms with Gasteiger partial charge in [-0.05, 0) is 34.2 Å². The maximum atomic E-state index is 13.2. The molecule has 11 heteroatoms. The molecule has 0 fully saturated rings. The summed E-state index contributed by atoms with van der Waals surface area (Å²) in [6.45, 7) is 0.166. The van der Waals surface area contributed by atoms with Crippen LogP contribution in [-0.2, 0) is 16.6 Å². The van der Waals surface area contributed by atoms with Gasteiger partial charge in [0.25, 0.3) is 0 Å². The van der Waals surface area contributed by atoms with Crippen molar-refractivity contribution in [2.75, 3.05) is 13.7 Å². The Hall–Kier alpha value is -3.36. The Morgan fingerprint density at radius 3 is 2.82 bits per heavy atom. The molecule has 0 amide bonds. The molecule has 0 atom stereocenters. The summed E-state index contributed by atoms with van der Waals surface area (Å²) in [5.74, 6) is 0.301. The lowest BCUT2D eigenvalue weighted by atomic mass is 10.3. The van der Waals surface area contributed by atoms with Crippen molar-refractivity contribution in [2.45, 2.75) is 17.9 Å². The summed E-state index contributed by atoms with van der Waals surface area (Å²) in [4.78, 5) is 4.06. The zero-order valence-corrected chi connectivity index (χ0v) is 15.8. The highest BCUT2D eigenvalue weighted by atomic mass is 32.2. The molecule has 2 heterocycles. The third-order valence-corrected chi connectivity index (χ3v) is 5.78. The molecule has 0 aliphatic rings. The number of benzene rings is 1. The van der Waals surface area contributed by atoms with Crippen LogP contribution in [0.5, 0.6) is 5.75 Å². The van der Waals surface area contributed by atoms with Crippen LogP contribution in [0.2, 0.25) is 0 Å². The summed E-state index contributed by atoms with van der Waals surface area (Å²) in [5.41, 5.74) is 1.23. The van der Waals surface area contributed by atoms with Crippen LogP contribution in [0.1, 0.15) is 12.0 Å². The lowest BCUT2D eigenvalue weighted by Crippen LogP contribution is -2.31. The van der Waals surface area contributed by atoms with Crippen molar-refractivity contribution in [1.82, 2.24) is 29.5 Å². The maximum Gasteiger partial charge on any atom is 0.243 e. The molecular weight excluding hydrogens is 382 g/mol. The summed E-state index contributed by atoms with van der Waals surface area (Å²) in [6, 6.07) is 9.93. The van der Waals surface area contributed by atoms with Crippen LogP contribution in [0, 0.1) is 11.3 Å². The van der Waals surface area contributed by atoms with Crippen LogP contribution in [0.3, 0.4) is 0 Å². The fourth-order valence-corrected chi connectivity index (χ4v) is 4.03. The van der Waals surface area contributed by atoms with Crippen LogP contribution in [0.25, 0.3) is 5.69 Å². The molecule has 0 N–H and O–H groups in total. The van der Waals surface area contributed by atoms with E-state index < -0.39 is 10.0 Å². The Kier molecular flexibility index (Phi) is 5.93. The molecule has 144 valence electrons. The lowest BCUT2D eigenvalue weighted by molar-refractivity contribution is 0.404. The first-order valence-electron chi connectivity index (χ1n) is 8.23. The van der Waals surface area contributed by atoms with E-state index in [0.29, 0.717) is 11.4 Å². The van der Waals surface area contributed by atoms with E-state index in [0.717, 1.165) is 5.56 Å². The first kappa shape index (κ1) is 19.4. The zero-order chi connectivity index (χ0) is 20.0. The number of hydrogen-bond acceptors (Lipinski definition) is 8. The Labute approximate surface area is 162 Å². The van der Waals surface area contributed by atoms with Crippen LogP contribution in [-0.4, -0.2) is 51.6 Å². The molecule has 3 aromatic rings. The number of aromatic nitrogens is 5. The summed E-state index contributed by atoms with van der Waals surface area (Å²) in [5, 5.41) is 19.8. The van der Waals surface area contributed by atoms with Gasteiger partial charge in [0.15, 0.2) is 0 Å². The molecule has 0 radical (unpaired) electrons. The molecule has 0 aliphatic carbocycles. The lowest BCUT2D eigenvalue weighted by Gasteiger charge is -2.22. The highest BCUT2D eigenvalue weighted by molar-refractivity contribution is 7.89. The first-order chi connectivity index (χ1) is 13.6. The Morgan fingerprint density at radius 2 is 2.18 bits per heavy atom. The van der Waals surface area contributed by atoms with Crippen LogP contribution < -0.4 is 4.74 Å². The fourth-order valence-electron chi connectivity index (χ4n) is 2.58. The minimum atomic E-state index is -3.88. The number of methoxy groups -OCH3 is 1. The van der Waals surface area contributed by atoms with Crippen LogP contribution in [0.15, 0.2) is 53.9 Å². The van der Waals surface area contributed by atoms with Crippen molar-refractivity contribution in [3.05, 3.63) is 54.6 Å². The minimum Gasteiger partial charge on any atom is -0.494 e. The van der Waals surface area contributed by atoms with Crippen molar-refractivity contribution in [3.63, 3.8) is 0 Å². The molecule has 0 unspecified atom stereocenters. The van der Waals surface area contributed by atoms with E-state index >= 15 is 0 Å². The maximum absolute atomic E-state index is 13.2. The smallest absolute Gasteiger partial charge is 0.243 e. The molecule has 0 saturated carbocycles. The van der Waals surface area contributed by atoms with Crippen molar-refractivity contribution >= 4 is 10.0 Å². The van der Waals surface area contributed by atoms with Gasteiger partial charge in [0, 0.05) is 38.0 Å². The Morgan fingerprint density at radius 1 is 1.32 bits per heavy atom. The van der Waals surface area contributed by atoms with Crippen molar-refractivity contribution in [1.29, 1.82) is 5.26 Å². The zero-order valence-electron chi connectivity index (χ0n) is 15.0. The van der Waals surface area contributed by atoms with E-state index in [2.05, 4.69) is 20.5 Å². The number of nitriles is 1. The van der Waals surface area contributed by atoms with Crippen LogP contribution >= 0.6 is 0 Å². The van der Waals surface area contributed by atoms with Crippen LogP contribution in [0.4, 0.5) is 0 Å². The summed E-state index contributed by atoms with van der Waals surface area (Å²) < 4.78 is 34.3. The van der Waals surface area contributed by atoms with Gasteiger partial charge in [0.05, 0.1) is 18.1 Å². The van der Waals surface area contributed by atoms with E-state index in [9.17, 15) is 8.42 Å². The molecule has 1 aromatic carbocycles. The summed E-state index contributed by atoms with van der Waals surface area (Å²) >= 11 is 0. The second-order valence-electron chi connectivity index (χ2n) is 5.70. The molecule has 2 aromatic heterocycles. The summed E-state index contributed by atoms with van der Waals surface area (Å²) in [7, 11) is -2.44. The largest absolute Gasteiger partial charge is 0.494 e. The minimum absolute atomic E-state index is 0.0444. The quantitative estimate of drug-likeness (QED) is 0.552. The van der Waals surface area contributed by atoms with Gasteiger partial charge in [-0.15, -0.1) is 5.10 Å². The number of sulfonamides is 1. The van der Waals surface area contributed by atoms with Gasteiger partial charge >= 0.3 is 0 Å². The molecule has 28 heavy (non-hydrogen) atoms. The normalized spacial score (nSPS) is 11.3. The van der Waals surface area contributed by atoms with E-state index in [1.165, 1.54) is 34.6 Å². The number of rotatable bonds is 8. The van der Waals surface area contributed by atoms with Gasteiger partial charge in [0.1, 0.15) is 17.8 Å². The van der Waals surface area contributed by atoms with Crippen molar-refractivity contribution in [2.24, 2.45) is 0 Å². The van der Waals surface area contributed by atoms with E-state index in [4.69, 9.17) is 10.00 Å². The third kappa shape index (κ3) is 4.13. The molecule has 10 nitrogen and oxygen atoms in total. The van der Waals surface area contributed by atoms with E-state index in [1.807, 2.05) is 6.07 Å². The number of tetrazole rings is 1. The Bertz CT molecular complexity index is 1060. The van der Waals surface area contributed by atoms with Crippen molar-refractivity contribution < 1.29 is 13.2 Å². The SMILES string of the molecule is COc1cc(S(=O)(=O)N(CCC#N)Cc2cccnc2)ccc1-n1cnnn1. The Balaban J connectivity index is 1.97. The second-order valence-corrected chi connectivity index (χ2v) is 7.63. The average molecular weight is 399 g/mol. The van der Waals surface area contributed by atoms with Crippen molar-refractivity contribution in [3.8, 4) is 17.5 Å². The second kappa shape index (κ2) is 8.55. The highest BCUT2D eigenvalue weighted by Crippen LogP contribution is 2.28. The molecule has 3 rings (SSSR count). The van der Waals surface area contributed by atoms with E-state index in [-0.39, 0.29) is 24.4 Å². The standard InChI is InChI=1S/C17H17N7O3S/c1-27-17-10-15(5-6-16(17)24-13-20-21-22-24)28(25,26)23(9-3-7-18)12-14-4-2-8-19-11-14/h2,4-6,8,10-11,13H,3,9,12H2,1H3. The summed E-state index contributed by atoms with van der Waals surface area (Å²) in [6.07, 6.45) is 4.66. The van der Waals surface area contributed by atoms with Gasteiger partial charge < -0.3 is 4.74 Å². The predicted octanol–water partition coefficient (Wildman–Crippen LogP) is 1.17. The molecule has 0 spiro atoms. The number of hydrogen-bond donors (Lipinski definition) is 0. The van der Waals surface area contributed by atoms with Gasteiger partial charge in [-0.1, -0.05) is 6.07 Å². The number of pyridine rings is 1. The predicted molar refractivity (Wildman–Crippen MR) is 97.8 cm³/mol. The van der Waals surface area contributed by atoms with Gasteiger partial charge in [-0.3, -0.25) is 4.98 Å². The third-order valence-electron chi connectivity index (χ3n) is 3.94.